The van der Waals surface area contributed by atoms with Crippen molar-refractivity contribution in [2.75, 3.05) is 0 Å². The molecule has 86 valence electrons. The SMILES string of the molecule is NC(=S)c1cncc(Oc2ccc(Cl)cc2)n1. The van der Waals surface area contributed by atoms with E-state index in [9.17, 15) is 0 Å². The number of halogens is 1. The Bertz CT molecular complexity index is 545. The minimum absolute atomic E-state index is 0.180. The van der Waals surface area contributed by atoms with E-state index in [2.05, 4.69) is 9.97 Å². The smallest absolute Gasteiger partial charge is 0.238 e. The first kappa shape index (κ1) is 11.8. The molecule has 2 aromatic rings. The lowest BCUT2D eigenvalue weighted by atomic mass is 10.3. The van der Waals surface area contributed by atoms with Crippen molar-refractivity contribution >= 4 is 28.8 Å². The number of nitrogens with zero attached hydrogens (tertiary/aromatic N) is 2. The molecule has 0 fully saturated rings. The average Bonchev–Trinajstić information content (AvgIpc) is 2.32. The van der Waals surface area contributed by atoms with Crippen LogP contribution in [0.3, 0.4) is 0 Å². The number of aromatic nitrogens is 2. The second-order valence-electron chi connectivity index (χ2n) is 3.16. The predicted octanol–water partition coefficient (Wildman–Crippen LogP) is 2.56. The molecular formula is C11H8ClN3OS. The maximum Gasteiger partial charge on any atom is 0.238 e. The van der Waals surface area contributed by atoms with Gasteiger partial charge < -0.3 is 10.5 Å². The van der Waals surface area contributed by atoms with Crippen molar-refractivity contribution in [1.82, 2.24) is 9.97 Å². The summed E-state index contributed by atoms with van der Waals surface area (Å²) in [6.45, 7) is 0. The van der Waals surface area contributed by atoms with Gasteiger partial charge in [0.2, 0.25) is 5.88 Å². The number of rotatable bonds is 3. The van der Waals surface area contributed by atoms with Gasteiger partial charge in [0.1, 0.15) is 16.4 Å². The Hall–Kier alpha value is -1.72. The van der Waals surface area contributed by atoms with Gasteiger partial charge in [-0.25, -0.2) is 4.98 Å². The minimum Gasteiger partial charge on any atom is -0.437 e. The molecule has 4 nitrogen and oxygen atoms in total. The predicted molar refractivity (Wildman–Crippen MR) is 69.4 cm³/mol. The molecule has 0 saturated carbocycles. The average molecular weight is 266 g/mol. The number of thiocarbonyl (C=S) groups is 1. The highest BCUT2D eigenvalue weighted by Crippen LogP contribution is 2.20. The van der Waals surface area contributed by atoms with Crippen LogP contribution in [-0.2, 0) is 0 Å². The molecular weight excluding hydrogens is 258 g/mol. The van der Waals surface area contributed by atoms with Gasteiger partial charge in [-0.2, -0.15) is 0 Å². The molecule has 0 spiro atoms. The van der Waals surface area contributed by atoms with Crippen LogP contribution in [0.25, 0.3) is 0 Å². The number of ether oxygens (including phenoxy) is 1. The standard InChI is InChI=1S/C11H8ClN3OS/c12-7-1-3-8(4-2-7)16-10-6-14-5-9(15-10)11(13)17/h1-6H,(H2,13,17). The first-order valence-electron chi connectivity index (χ1n) is 4.70. The van der Waals surface area contributed by atoms with Gasteiger partial charge in [0.25, 0.3) is 0 Å². The van der Waals surface area contributed by atoms with Crippen LogP contribution in [-0.4, -0.2) is 15.0 Å². The lowest BCUT2D eigenvalue weighted by Crippen LogP contribution is -2.12. The third-order valence-corrected chi connectivity index (χ3v) is 2.36. The largest absolute Gasteiger partial charge is 0.437 e. The molecule has 1 aromatic carbocycles. The molecule has 1 heterocycles. The van der Waals surface area contributed by atoms with Crippen molar-refractivity contribution < 1.29 is 4.74 Å². The number of hydrogen-bond acceptors (Lipinski definition) is 4. The van der Waals surface area contributed by atoms with E-state index < -0.39 is 0 Å². The van der Waals surface area contributed by atoms with Crippen LogP contribution >= 0.6 is 23.8 Å². The molecule has 2 N–H and O–H groups in total. The van der Waals surface area contributed by atoms with Crippen molar-refractivity contribution in [2.24, 2.45) is 5.73 Å². The third-order valence-electron chi connectivity index (χ3n) is 1.90. The van der Waals surface area contributed by atoms with E-state index in [1.54, 1.807) is 24.3 Å². The number of hydrogen-bond donors (Lipinski definition) is 1. The van der Waals surface area contributed by atoms with E-state index in [0.29, 0.717) is 22.3 Å². The van der Waals surface area contributed by atoms with E-state index >= 15 is 0 Å². The van der Waals surface area contributed by atoms with E-state index in [4.69, 9.17) is 34.3 Å². The summed E-state index contributed by atoms with van der Waals surface area (Å²) in [5.74, 6) is 0.946. The summed E-state index contributed by atoms with van der Waals surface area (Å²) in [5.41, 5.74) is 5.87. The maximum absolute atomic E-state index is 5.76. The van der Waals surface area contributed by atoms with Gasteiger partial charge in [-0.05, 0) is 24.3 Å². The lowest BCUT2D eigenvalue weighted by Gasteiger charge is -2.05. The number of nitrogens with two attached hydrogens (primary N) is 1. The zero-order valence-electron chi connectivity index (χ0n) is 8.63. The van der Waals surface area contributed by atoms with Crippen molar-refractivity contribution in [2.45, 2.75) is 0 Å². The van der Waals surface area contributed by atoms with Crippen LogP contribution in [0.4, 0.5) is 0 Å². The molecule has 0 aliphatic rings. The molecule has 0 unspecified atom stereocenters. The molecule has 0 bridgehead atoms. The van der Waals surface area contributed by atoms with Crippen molar-refractivity contribution in [3.05, 3.63) is 47.4 Å². The fourth-order valence-corrected chi connectivity index (χ4v) is 1.36. The second-order valence-corrected chi connectivity index (χ2v) is 4.04. The van der Waals surface area contributed by atoms with Crippen molar-refractivity contribution in [3.63, 3.8) is 0 Å². The van der Waals surface area contributed by atoms with E-state index in [0.717, 1.165) is 0 Å². The molecule has 17 heavy (non-hydrogen) atoms. The van der Waals surface area contributed by atoms with Crippen molar-refractivity contribution in [1.29, 1.82) is 0 Å². The summed E-state index contributed by atoms with van der Waals surface area (Å²) >= 11 is 10.6. The summed E-state index contributed by atoms with van der Waals surface area (Å²) in [6, 6.07) is 6.92. The van der Waals surface area contributed by atoms with Crippen LogP contribution in [0.15, 0.2) is 36.7 Å². The van der Waals surface area contributed by atoms with Gasteiger partial charge in [0.05, 0.1) is 12.4 Å². The van der Waals surface area contributed by atoms with Gasteiger partial charge in [-0.1, -0.05) is 23.8 Å². The Balaban J connectivity index is 2.21. The monoisotopic (exact) mass is 265 g/mol. The van der Waals surface area contributed by atoms with Gasteiger partial charge in [-0.15, -0.1) is 0 Å². The van der Waals surface area contributed by atoms with Crippen LogP contribution in [0.5, 0.6) is 11.6 Å². The highest BCUT2D eigenvalue weighted by molar-refractivity contribution is 7.80. The molecule has 2 rings (SSSR count). The van der Waals surface area contributed by atoms with Crippen LogP contribution in [0.1, 0.15) is 5.69 Å². The van der Waals surface area contributed by atoms with Crippen LogP contribution in [0, 0.1) is 0 Å². The second kappa shape index (κ2) is 5.07. The summed E-state index contributed by atoms with van der Waals surface area (Å²) in [6.07, 6.45) is 2.97. The molecule has 1 aromatic heterocycles. The van der Waals surface area contributed by atoms with Gasteiger partial charge in [-0.3, -0.25) is 4.98 Å². The number of benzene rings is 1. The summed E-state index contributed by atoms with van der Waals surface area (Å²) < 4.78 is 5.48. The molecule has 0 amide bonds. The Morgan fingerprint density at radius 2 is 1.94 bits per heavy atom. The van der Waals surface area contributed by atoms with Gasteiger partial charge in [0.15, 0.2) is 0 Å². The first-order chi connectivity index (χ1) is 8.15. The molecule has 0 radical (unpaired) electrons. The summed E-state index contributed by atoms with van der Waals surface area (Å²) in [4.78, 5) is 8.22. The van der Waals surface area contributed by atoms with E-state index in [1.807, 2.05) is 0 Å². The minimum atomic E-state index is 0.180. The first-order valence-corrected chi connectivity index (χ1v) is 5.49. The zero-order chi connectivity index (χ0) is 12.3. The quantitative estimate of drug-likeness (QED) is 0.865. The van der Waals surface area contributed by atoms with E-state index in [-0.39, 0.29) is 4.99 Å². The van der Waals surface area contributed by atoms with Crippen LogP contribution in [0.2, 0.25) is 5.02 Å². The lowest BCUT2D eigenvalue weighted by molar-refractivity contribution is 0.460. The molecule has 0 saturated heterocycles. The van der Waals surface area contributed by atoms with Gasteiger partial charge >= 0.3 is 0 Å². The highest BCUT2D eigenvalue weighted by Gasteiger charge is 2.03. The Kier molecular flexibility index (Phi) is 3.51. The van der Waals surface area contributed by atoms with Crippen LogP contribution < -0.4 is 10.5 Å². The zero-order valence-corrected chi connectivity index (χ0v) is 10.2. The third kappa shape index (κ3) is 3.12. The molecule has 0 atom stereocenters. The summed E-state index contributed by atoms with van der Waals surface area (Å²) in [5, 5.41) is 0.639. The molecule has 0 aliphatic heterocycles. The van der Waals surface area contributed by atoms with E-state index in [1.165, 1.54) is 12.4 Å². The Morgan fingerprint density at radius 3 is 2.59 bits per heavy atom. The molecule has 0 aliphatic carbocycles. The fourth-order valence-electron chi connectivity index (χ4n) is 1.14. The van der Waals surface area contributed by atoms with Gasteiger partial charge in [0, 0.05) is 5.02 Å². The fraction of sp³-hybridized carbons (Fsp3) is 0. The van der Waals surface area contributed by atoms with Crippen molar-refractivity contribution in [3.8, 4) is 11.6 Å². The summed E-state index contributed by atoms with van der Waals surface area (Å²) in [7, 11) is 0. The Labute approximate surface area is 108 Å². The topological polar surface area (TPSA) is 61.0 Å². The highest BCUT2D eigenvalue weighted by atomic mass is 35.5. The normalized spacial score (nSPS) is 9.94. The Morgan fingerprint density at radius 1 is 1.24 bits per heavy atom. The molecule has 6 heteroatoms. The maximum atomic E-state index is 5.76.